The van der Waals surface area contributed by atoms with Crippen LogP contribution in [0.15, 0.2) is 30.5 Å². The number of hydrogen-bond donors (Lipinski definition) is 2. The van der Waals surface area contributed by atoms with E-state index < -0.39 is 5.92 Å². The molecular weight excluding hydrogens is 338 g/mol. The number of pyridine rings is 1. The van der Waals surface area contributed by atoms with E-state index in [1.165, 1.54) is 0 Å². The van der Waals surface area contributed by atoms with Gasteiger partial charge in [-0.3, -0.25) is 0 Å². The summed E-state index contributed by atoms with van der Waals surface area (Å²) < 4.78 is 27.3. The van der Waals surface area contributed by atoms with E-state index in [1.807, 2.05) is 24.3 Å². The summed E-state index contributed by atoms with van der Waals surface area (Å²) in [7, 11) is 0. The van der Waals surface area contributed by atoms with Gasteiger partial charge in [-0.25, -0.2) is 18.7 Å². The van der Waals surface area contributed by atoms with Crippen LogP contribution in [0.2, 0.25) is 0 Å². The standard InChI is InChI=1S/C18H22F2N6/c19-18(20)6-10-26(12-18)17-23-14(13-4-8-21-9-5-13)11-16(25-17)24-15-3-1-2-7-22-15/h1-3,7,11,13,21H,4-6,8-10,12H2,(H,22,23,24,25). The third kappa shape index (κ3) is 3.90. The maximum atomic E-state index is 13.7. The van der Waals surface area contributed by atoms with Crippen molar-refractivity contribution < 1.29 is 8.78 Å². The molecular formula is C18H22F2N6. The predicted molar refractivity (Wildman–Crippen MR) is 96.2 cm³/mol. The van der Waals surface area contributed by atoms with E-state index >= 15 is 0 Å². The van der Waals surface area contributed by atoms with E-state index in [0.29, 0.717) is 23.5 Å². The molecule has 8 heteroatoms. The van der Waals surface area contributed by atoms with Crippen molar-refractivity contribution in [3.8, 4) is 0 Å². The van der Waals surface area contributed by atoms with Crippen LogP contribution >= 0.6 is 0 Å². The zero-order valence-corrected chi connectivity index (χ0v) is 14.5. The Hall–Kier alpha value is -2.35. The largest absolute Gasteiger partial charge is 0.334 e. The van der Waals surface area contributed by atoms with Crippen molar-refractivity contribution in [1.29, 1.82) is 0 Å². The van der Waals surface area contributed by atoms with Gasteiger partial charge in [-0.2, -0.15) is 4.98 Å². The monoisotopic (exact) mass is 360 g/mol. The molecule has 0 aliphatic carbocycles. The number of anilines is 3. The number of hydrogen-bond acceptors (Lipinski definition) is 6. The highest BCUT2D eigenvalue weighted by atomic mass is 19.3. The van der Waals surface area contributed by atoms with Crippen LogP contribution < -0.4 is 15.5 Å². The zero-order chi connectivity index (χ0) is 18.0. The molecule has 0 spiro atoms. The molecule has 0 amide bonds. The molecule has 2 aromatic rings. The minimum atomic E-state index is -2.68. The van der Waals surface area contributed by atoms with Gasteiger partial charge >= 0.3 is 0 Å². The highest BCUT2D eigenvalue weighted by Crippen LogP contribution is 2.32. The molecule has 4 rings (SSSR count). The van der Waals surface area contributed by atoms with Crippen molar-refractivity contribution in [2.45, 2.75) is 31.1 Å². The van der Waals surface area contributed by atoms with Crippen LogP contribution in [0, 0.1) is 0 Å². The number of halogens is 2. The van der Waals surface area contributed by atoms with Gasteiger partial charge in [0.1, 0.15) is 11.6 Å². The average molecular weight is 360 g/mol. The molecule has 0 unspecified atom stereocenters. The maximum absolute atomic E-state index is 13.7. The van der Waals surface area contributed by atoms with Crippen LogP contribution in [-0.4, -0.2) is 47.1 Å². The first-order chi connectivity index (χ1) is 12.6. The quantitative estimate of drug-likeness (QED) is 0.874. The maximum Gasteiger partial charge on any atom is 0.267 e. The highest BCUT2D eigenvalue weighted by Gasteiger charge is 2.39. The lowest BCUT2D eigenvalue weighted by molar-refractivity contribution is 0.0256. The number of piperidine rings is 1. The third-order valence-electron chi connectivity index (χ3n) is 4.87. The van der Waals surface area contributed by atoms with Gasteiger partial charge in [0.15, 0.2) is 0 Å². The number of aromatic nitrogens is 3. The Morgan fingerprint density at radius 2 is 2.00 bits per heavy atom. The van der Waals surface area contributed by atoms with Crippen LogP contribution in [0.5, 0.6) is 0 Å². The predicted octanol–water partition coefficient (Wildman–Crippen LogP) is 2.93. The summed E-state index contributed by atoms with van der Waals surface area (Å²) in [5.74, 6) is -0.734. The molecule has 138 valence electrons. The summed E-state index contributed by atoms with van der Waals surface area (Å²) in [6.07, 6.45) is 3.50. The van der Waals surface area contributed by atoms with Gasteiger partial charge in [-0.05, 0) is 38.1 Å². The summed E-state index contributed by atoms with van der Waals surface area (Å²) in [5.41, 5.74) is 0.908. The van der Waals surface area contributed by atoms with Crippen LogP contribution in [-0.2, 0) is 0 Å². The van der Waals surface area contributed by atoms with Crippen molar-refractivity contribution in [2.75, 3.05) is 36.4 Å². The number of nitrogens with one attached hydrogen (secondary N) is 2. The Morgan fingerprint density at radius 3 is 2.69 bits per heavy atom. The smallest absolute Gasteiger partial charge is 0.267 e. The fourth-order valence-electron chi connectivity index (χ4n) is 3.46. The second kappa shape index (κ2) is 7.11. The molecule has 4 heterocycles. The average Bonchev–Trinajstić information content (AvgIpc) is 3.03. The van der Waals surface area contributed by atoms with E-state index in [2.05, 4.69) is 25.6 Å². The fraction of sp³-hybridized carbons (Fsp3) is 0.500. The van der Waals surface area contributed by atoms with Crippen molar-refractivity contribution in [3.63, 3.8) is 0 Å². The van der Waals surface area contributed by atoms with Crippen molar-refractivity contribution >= 4 is 17.6 Å². The van der Waals surface area contributed by atoms with Crippen molar-refractivity contribution in [2.24, 2.45) is 0 Å². The molecule has 2 saturated heterocycles. The molecule has 26 heavy (non-hydrogen) atoms. The zero-order valence-electron chi connectivity index (χ0n) is 14.5. The fourth-order valence-corrected chi connectivity index (χ4v) is 3.46. The lowest BCUT2D eigenvalue weighted by Crippen LogP contribution is -2.29. The molecule has 0 saturated carbocycles. The second-order valence-electron chi connectivity index (χ2n) is 6.87. The molecule has 2 aliphatic heterocycles. The Kier molecular flexibility index (Phi) is 4.67. The van der Waals surface area contributed by atoms with Crippen molar-refractivity contribution in [3.05, 3.63) is 36.2 Å². The van der Waals surface area contributed by atoms with Crippen molar-refractivity contribution in [1.82, 2.24) is 20.3 Å². The summed E-state index contributed by atoms with van der Waals surface area (Å²) >= 11 is 0. The Bertz CT molecular complexity index is 749. The summed E-state index contributed by atoms with van der Waals surface area (Å²) in [6, 6.07) is 7.48. The Balaban J connectivity index is 1.65. The Morgan fingerprint density at radius 1 is 1.15 bits per heavy atom. The first-order valence-electron chi connectivity index (χ1n) is 9.00. The minimum Gasteiger partial charge on any atom is -0.334 e. The molecule has 2 N–H and O–H groups in total. The SMILES string of the molecule is FC1(F)CCN(c2nc(Nc3ccccn3)cc(C3CCNCC3)n2)C1. The molecule has 0 atom stereocenters. The minimum absolute atomic E-state index is 0.156. The van der Waals surface area contributed by atoms with Gasteiger partial charge in [0.05, 0.1) is 12.2 Å². The summed E-state index contributed by atoms with van der Waals surface area (Å²) in [6.45, 7) is 1.82. The van der Waals surface area contributed by atoms with Gasteiger partial charge in [-0.1, -0.05) is 6.07 Å². The van der Waals surface area contributed by atoms with Gasteiger partial charge in [0, 0.05) is 31.1 Å². The molecule has 6 nitrogen and oxygen atoms in total. The van der Waals surface area contributed by atoms with Gasteiger partial charge in [-0.15, -0.1) is 0 Å². The van der Waals surface area contributed by atoms with E-state index in [1.54, 1.807) is 11.1 Å². The molecule has 0 aromatic carbocycles. The van der Waals surface area contributed by atoms with E-state index in [9.17, 15) is 8.78 Å². The summed E-state index contributed by atoms with van der Waals surface area (Å²) in [5, 5.41) is 6.52. The number of rotatable bonds is 4. The molecule has 2 fully saturated rings. The molecule has 2 aliphatic rings. The lowest BCUT2D eigenvalue weighted by atomic mass is 9.94. The topological polar surface area (TPSA) is 66.0 Å². The van der Waals surface area contributed by atoms with E-state index in [4.69, 9.17) is 0 Å². The van der Waals surface area contributed by atoms with E-state index in [-0.39, 0.29) is 19.5 Å². The van der Waals surface area contributed by atoms with Crippen LogP contribution in [0.25, 0.3) is 0 Å². The first kappa shape index (κ1) is 17.1. The molecule has 2 aromatic heterocycles. The third-order valence-corrected chi connectivity index (χ3v) is 4.87. The first-order valence-corrected chi connectivity index (χ1v) is 9.00. The van der Waals surface area contributed by atoms with Crippen LogP contribution in [0.3, 0.4) is 0 Å². The summed E-state index contributed by atoms with van der Waals surface area (Å²) in [4.78, 5) is 15.0. The van der Waals surface area contributed by atoms with Gasteiger partial charge in [0.25, 0.3) is 5.92 Å². The second-order valence-corrected chi connectivity index (χ2v) is 6.87. The normalized spacial score (nSPS) is 20.3. The van der Waals surface area contributed by atoms with Gasteiger partial charge < -0.3 is 15.5 Å². The molecule has 0 bridgehead atoms. The van der Waals surface area contributed by atoms with E-state index in [0.717, 1.165) is 31.6 Å². The number of nitrogens with zero attached hydrogens (tertiary/aromatic N) is 4. The highest BCUT2D eigenvalue weighted by molar-refractivity contribution is 5.54. The van der Waals surface area contributed by atoms with Crippen LogP contribution in [0.1, 0.15) is 30.9 Å². The number of alkyl halides is 2. The lowest BCUT2D eigenvalue weighted by Gasteiger charge is -2.24. The molecule has 0 radical (unpaired) electrons. The van der Waals surface area contributed by atoms with Gasteiger partial charge in [0.2, 0.25) is 5.95 Å². The van der Waals surface area contributed by atoms with Crippen LogP contribution in [0.4, 0.5) is 26.4 Å². The Labute approximate surface area is 151 Å².